The van der Waals surface area contributed by atoms with Crippen LogP contribution in [0.5, 0.6) is 0 Å². The molecule has 0 aliphatic carbocycles. The number of anilines is 1. The van der Waals surface area contributed by atoms with E-state index in [1.807, 2.05) is 27.7 Å². The lowest BCUT2D eigenvalue weighted by atomic mass is 10.2. The second-order valence-electron chi connectivity index (χ2n) is 5.38. The second-order valence-corrected chi connectivity index (χ2v) is 5.38. The number of hydrogen-bond acceptors (Lipinski definition) is 4. The molecule has 0 radical (unpaired) electrons. The number of hydrogen-bond donors (Lipinski definition) is 2. The third kappa shape index (κ3) is 6.10. The molecule has 1 aromatic rings. The van der Waals surface area contributed by atoms with E-state index in [4.69, 9.17) is 10.5 Å². The maximum atomic E-state index is 11.4. The van der Waals surface area contributed by atoms with Crippen molar-refractivity contribution in [2.45, 2.75) is 39.7 Å². The summed E-state index contributed by atoms with van der Waals surface area (Å²) in [6.07, 6.45) is 1.79. The largest absolute Gasteiger partial charge is 0.444 e. The molecular formula is C15H21N3O2. The van der Waals surface area contributed by atoms with Crippen molar-refractivity contribution in [1.82, 2.24) is 10.3 Å². The molecule has 1 heterocycles. The first kappa shape index (κ1) is 15.8. The van der Waals surface area contributed by atoms with E-state index in [1.165, 1.54) is 0 Å². The van der Waals surface area contributed by atoms with Crippen molar-refractivity contribution in [3.8, 4) is 11.8 Å². The molecule has 0 aliphatic rings. The predicted molar refractivity (Wildman–Crippen MR) is 79.1 cm³/mol. The topological polar surface area (TPSA) is 77.2 Å². The highest BCUT2D eigenvalue weighted by molar-refractivity contribution is 5.67. The van der Waals surface area contributed by atoms with Crippen LogP contribution in [0.1, 0.15) is 38.4 Å². The van der Waals surface area contributed by atoms with Crippen LogP contribution in [0, 0.1) is 18.8 Å². The summed E-state index contributed by atoms with van der Waals surface area (Å²) in [5.74, 6) is 5.90. The molecule has 0 aromatic carbocycles. The number of nitrogens with zero attached hydrogens (tertiary/aromatic N) is 1. The third-order valence-electron chi connectivity index (χ3n) is 2.28. The van der Waals surface area contributed by atoms with E-state index in [0.717, 1.165) is 11.3 Å². The lowest BCUT2D eigenvalue weighted by molar-refractivity contribution is 0.0529. The van der Waals surface area contributed by atoms with Crippen molar-refractivity contribution in [3.05, 3.63) is 23.5 Å². The fourth-order valence-electron chi connectivity index (χ4n) is 1.32. The number of nitrogens with one attached hydrogen (secondary N) is 1. The van der Waals surface area contributed by atoms with Gasteiger partial charge in [-0.1, -0.05) is 11.8 Å². The first-order valence-electron chi connectivity index (χ1n) is 6.46. The number of alkyl carbamates (subject to hydrolysis) is 1. The van der Waals surface area contributed by atoms with Gasteiger partial charge in [0.2, 0.25) is 0 Å². The first-order chi connectivity index (χ1) is 9.28. The molecule has 0 saturated carbocycles. The number of carbonyl (C=O) groups excluding carboxylic acids is 1. The molecule has 1 aromatic heterocycles. The zero-order valence-electron chi connectivity index (χ0n) is 12.4. The summed E-state index contributed by atoms with van der Waals surface area (Å²) in [5, 5.41) is 2.64. The van der Waals surface area contributed by atoms with E-state index < -0.39 is 11.7 Å². The Labute approximate surface area is 119 Å². The van der Waals surface area contributed by atoms with Crippen LogP contribution < -0.4 is 11.1 Å². The molecule has 3 N–H and O–H groups in total. The average molecular weight is 275 g/mol. The second kappa shape index (κ2) is 6.80. The Morgan fingerprint density at radius 1 is 1.50 bits per heavy atom. The van der Waals surface area contributed by atoms with Gasteiger partial charge in [-0.05, 0) is 33.8 Å². The zero-order chi connectivity index (χ0) is 15.2. The smallest absolute Gasteiger partial charge is 0.407 e. The van der Waals surface area contributed by atoms with E-state index in [1.54, 1.807) is 12.3 Å². The number of carbonyl (C=O) groups is 1. The van der Waals surface area contributed by atoms with Gasteiger partial charge < -0.3 is 15.8 Å². The summed E-state index contributed by atoms with van der Waals surface area (Å²) in [7, 11) is 0. The first-order valence-corrected chi connectivity index (χ1v) is 6.46. The quantitative estimate of drug-likeness (QED) is 0.641. The van der Waals surface area contributed by atoms with Gasteiger partial charge in [0.25, 0.3) is 0 Å². The van der Waals surface area contributed by atoms with Crippen molar-refractivity contribution >= 4 is 11.8 Å². The fourth-order valence-corrected chi connectivity index (χ4v) is 1.32. The molecule has 0 unspecified atom stereocenters. The van der Waals surface area contributed by atoms with Gasteiger partial charge in [0.15, 0.2) is 0 Å². The minimum atomic E-state index is -0.485. The highest BCUT2D eigenvalue weighted by atomic mass is 16.6. The molecule has 1 amide bonds. The van der Waals surface area contributed by atoms with Crippen molar-refractivity contribution in [1.29, 1.82) is 0 Å². The standard InChI is InChI=1S/C15H21N3O2/c1-11-13(16)9-12(10-18-11)7-5-6-8-17-14(19)20-15(2,3)4/h9-10H,6,8,16H2,1-4H3,(H,17,19). The Morgan fingerprint density at radius 3 is 2.80 bits per heavy atom. The van der Waals surface area contributed by atoms with Crippen molar-refractivity contribution in [2.75, 3.05) is 12.3 Å². The van der Waals surface area contributed by atoms with Crippen LogP contribution in [-0.2, 0) is 4.74 Å². The monoisotopic (exact) mass is 275 g/mol. The Bertz CT molecular complexity index is 536. The highest BCUT2D eigenvalue weighted by Gasteiger charge is 2.15. The van der Waals surface area contributed by atoms with Gasteiger partial charge in [0, 0.05) is 24.7 Å². The molecule has 0 saturated heterocycles. The van der Waals surface area contributed by atoms with Crippen LogP contribution in [0.25, 0.3) is 0 Å². The van der Waals surface area contributed by atoms with Crippen LogP contribution in [0.2, 0.25) is 0 Å². The van der Waals surface area contributed by atoms with Crippen LogP contribution in [-0.4, -0.2) is 23.2 Å². The number of pyridine rings is 1. The van der Waals surface area contributed by atoms with E-state index in [0.29, 0.717) is 18.7 Å². The number of nitrogen functional groups attached to an aromatic ring is 1. The number of nitrogens with two attached hydrogens (primary N) is 1. The number of ether oxygens (including phenoxy) is 1. The van der Waals surface area contributed by atoms with E-state index in [-0.39, 0.29) is 0 Å². The maximum absolute atomic E-state index is 11.4. The fraction of sp³-hybridized carbons (Fsp3) is 0.467. The Balaban J connectivity index is 2.36. The molecule has 0 spiro atoms. The van der Waals surface area contributed by atoms with Crippen molar-refractivity contribution in [2.24, 2.45) is 0 Å². The lowest BCUT2D eigenvalue weighted by Gasteiger charge is -2.19. The van der Waals surface area contributed by atoms with Gasteiger partial charge in [-0.15, -0.1) is 0 Å². The Kier molecular flexibility index (Phi) is 5.39. The number of amides is 1. The molecule has 1 rings (SSSR count). The van der Waals surface area contributed by atoms with Gasteiger partial charge >= 0.3 is 6.09 Å². The van der Waals surface area contributed by atoms with Gasteiger partial charge in [0.1, 0.15) is 5.60 Å². The summed E-state index contributed by atoms with van der Waals surface area (Å²) >= 11 is 0. The molecule has 20 heavy (non-hydrogen) atoms. The molecule has 0 fully saturated rings. The molecular weight excluding hydrogens is 254 g/mol. The maximum Gasteiger partial charge on any atom is 0.407 e. The van der Waals surface area contributed by atoms with Crippen LogP contribution in [0.4, 0.5) is 10.5 Å². The van der Waals surface area contributed by atoms with E-state index in [9.17, 15) is 4.79 Å². The molecule has 0 bridgehead atoms. The molecule has 5 nitrogen and oxygen atoms in total. The minimum Gasteiger partial charge on any atom is -0.444 e. The Hall–Kier alpha value is -2.22. The summed E-state index contributed by atoms with van der Waals surface area (Å²) in [4.78, 5) is 15.5. The molecule has 5 heteroatoms. The van der Waals surface area contributed by atoms with Gasteiger partial charge in [-0.2, -0.15) is 0 Å². The van der Waals surface area contributed by atoms with Crippen molar-refractivity contribution in [3.63, 3.8) is 0 Å². The van der Waals surface area contributed by atoms with Crippen LogP contribution in [0.3, 0.4) is 0 Å². The third-order valence-corrected chi connectivity index (χ3v) is 2.28. The highest BCUT2D eigenvalue weighted by Crippen LogP contribution is 2.08. The van der Waals surface area contributed by atoms with Gasteiger partial charge in [0.05, 0.1) is 11.4 Å². The van der Waals surface area contributed by atoms with Crippen LogP contribution >= 0.6 is 0 Å². The summed E-state index contributed by atoms with van der Waals surface area (Å²) < 4.78 is 5.11. The summed E-state index contributed by atoms with van der Waals surface area (Å²) in [5.41, 5.74) is 7.45. The summed E-state index contributed by atoms with van der Waals surface area (Å²) in [6, 6.07) is 1.79. The number of aryl methyl sites for hydroxylation is 1. The molecule has 108 valence electrons. The van der Waals surface area contributed by atoms with E-state index >= 15 is 0 Å². The minimum absolute atomic E-state index is 0.430. The van der Waals surface area contributed by atoms with Gasteiger partial charge in [-0.3, -0.25) is 4.98 Å². The molecule has 0 aliphatic heterocycles. The zero-order valence-corrected chi connectivity index (χ0v) is 12.4. The van der Waals surface area contributed by atoms with Gasteiger partial charge in [-0.25, -0.2) is 4.79 Å². The van der Waals surface area contributed by atoms with E-state index in [2.05, 4.69) is 22.1 Å². The van der Waals surface area contributed by atoms with Crippen LogP contribution in [0.15, 0.2) is 12.3 Å². The number of rotatable bonds is 2. The van der Waals surface area contributed by atoms with Crippen molar-refractivity contribution < 1.29 is 9.53 Å². The normalized spacial score (nSPS) is 10.4. The lowest BCUT2D eigenvalue weighted by Crippen LogP contribution is -2.32. The molecule has 0 atom stereocenters. The Morgan fingerprint density at radius 2 is 2.20 bits per heavy atom. The predicted octanol–water partition coefficient (Wildman–Crippen LogP) is 2.24. The summed E-state index contributed by atoms with van der Waals surface area (Å²) in [6.45, 7) is 7.75. The SMILES string of the molecule is Cc1ncc(C#CCCNC(=O)OC(C)(C)C)cc1N. The average Bonchev–Trinajstić information content (AvgIpc) is 2.31. The number of aromatic nitrogens is 1.